The topological polar surface area (TPSA) is 81.3 Å². The summed E-state index contributed by atoms with van der Waals surface area (Å²) in [7, 11) is 0. The number of aliphatic hydroxyl groups excluding tert-OH is 1. The van der Waals surface area contributed by atoms with Gasteiger partial charge in [0.25, 0.3) is 0 Å². The van der Waals surface area contributed by atoms with Gasteiger partial charge in [-0.1, -0.05) is 0 Å². The normalized spacial score (nSPS) is 26.2. The fourth-order valence-corrected chi connectivity index (χ4v) is 1.82. The van der Waals surface area contributed by atoms with Crippen molar-refractivity contribution in [1.82, 2.24) is 9.97 Å². The molecule has 0 aromatic carbocycles. The predicted octanol–water partition coefficient (Wildman–Crippen LogP) is 0.741. The first kappa shape index (κ1) is 10.2. The Morgan fingerprint density at radius 2 is 2.33 bits per heavy atom. The van der Waals surface area contributed by atoms with Gasteiger partial charge in [0.15, 0.2) is 0 Å². The first-order chi connectivity index (χ1) is 7.24. The number of nitrogens with two attached hydrogens (primary N) is 1. The van der Waals surface area contributed by atoms with Gasteiger partial charge in [-0.15, -0.1) is 0 Å². The average Bonchev–Trinajstić information content (AvgIpc) is 2.17. The van der Waals surface area contributed by atoms with Crippen molar-refractivity contribution in [2.75, 3.05) is 5.73 Å². The van der Waals surface area contributed by atoms with Crippen molar-refractivity contribution in [3.63, 3.8) is 0 Å². The van der Waals surface area contributed by atoms with Crippen LogP contribution in [0.15, 0.2) is 12.3 Å². The van der Waals surface area contributed by atoms with Gasteiger partial charge in [0, 0.05) is 18.7 Å². The van der Waals surface area contributed by atoms with Gasteiger partial charge in [-0.25, -0.2) is 4.98 Å². The van der Waals surface area contributed by atoms with E-state index in [0.717, 1.165) is 19.3 Å². The number of nitrogen functional groups attached to an aromatic ring is 1. The van der Waals surface area contributed by atoms with Crippen molar-refractivity contribution in [1.29, 1.82) is 0 Å². The molecule has 1 aromatic heterocycles. The van der Waals surface area contributed by atoms with E-state index in [1.807, 2.05) is 0 Å². The zero-order valence-corrected chi connectivity index (χ0v) is 8.47. The van der Waals surface area contributed by atoms with Crippen molar-refractivity contribution in [2.24, 2.45) is 0 Å². The molecule has 0 saturated heterocycles. The largest absolute Gasteiger partial charge is 0.474 e. The van der Waals surface area contributed by atoms with Gasteiger partial charge >= 0.3 is 0 Å². The van der Waals surface area contributed by atoms with Crippen LogP contribution in [0, 0.1) is 0 Å². The molecule has 5 heteroatoms. The van der Waals surface area contributed by atoms with Gasteiger partial charge in [-0.05, 0) is 19.3 Å². The highest BCUT2D eigenvalue weighted by Crippen LogP contribution is 2.22. The lowest BCUT2D eigenvalue weighted by Crippen LogP contribution is -2.28. The second kappa shape index (κ2) is 4.44. The second-order valence-electron chi connectivity index (χ2n) is 3.81. The van der Waals surface area contributed by atoms with Gasteiger partial charge in [0.1, 0.15) is 6.10 Å². The first-order valence-electron chi connectivity index (χ1n) is 5.17. The number of aliphatic hydroxyl groups is 1. The quantitative estimate of drug-likeness (QED) is 0.750. The predicted molar refractivity (Wildman–Crippen MR) is 55.3 cm³/mol. The third-order valence-corrected chi connectivity index (χ3v) is 2.53. The molecule has 1 saturated carbocycles. The van der Waals surface area contributed by atoms with E-state index in [9.17, 15) is 5.11 Å². The summed E-state index contributed by atoms with van der Waals surface area (Å²) in [5, 5.41) is 9.47. The number of hydrogen-bond acceptors (Lipinski definition) is 5. The van der Waals surface area contributed by atoms with Crippen molar-refractivity contribution >= 4 is 5.95 Å². The minimum atomic E-state index is -0.247. The molecular weight excluding hydrogens is 194 g/mol. The van der Waals surface area contributed by atoms with Crippen LogP contribution in [0.4, 0.5) is 5.95 Å². The summed E-state index contributed by atoms with van der Waals surface area (Å²) >= 11 is 0. The molecule has 0 bridgehead atoms. The lowest BCUT2D eigenvalue weighted by Gasteiger charge is -2.25. The third kappa shape index (κ3) is 2.79. The number of anilines is 1. The molecule has 1 aliphatic carbocycles. The Bertz CT molecular complexity index is 332. The molecule has 2 unspecified atom stereocenters. The standard InChI is InChI=1S/C10H15N3O2/c11-10-12-5-4-9(13-10)15-8-3-1-2-7(14)6-8/h4-5,7-8,14H,1-3,6H2,(H2,11,12,13). The average molecular weight is 209 g/mol. The Hall–Kier alpha value is -1.36. The fraction of sp³-hybridized carbons (Fsp3) is 0.600. The van der Waals surface area contributed by atoms with E-state index in [4.69, 9.17) is 10.5 Å². The Kier molecular flexibility index (Phi) is 3.01. The van der Waals surface area contributed by atoms with Crippen molar-refractivity contribution in [2.45, 2.75) is 37.9 Å². The van der Waals surface area contributed by atoms with Crippen LogP contribution >= 0.6 is 0 Å². The molecule has 82 valence electrons. The first-order valence-corrected chi connectivity index (χ1v) is 5.17. The smallest absolute Gasteiger partial charge is 0.223 e. The van der Waals surface area contributed by atoms with Gasteiger partial charge < -0.3 is 15.6 Å². The Balaban J connectivity index is 1.96. The molecule has 1 aliphatic rings. The van der Waals surface area contributed by atoms with Crippen LogP contribution in [0.5, 0.6) is 5.88 Å². The molecule has 15 heavy (non-hydrogen) atoms. The lowest BCUT2D eigenvalue weighted by atomic mass is 9.95. The number of hydrogen-bond donors (Lipinski definition) is 2. The minimum Gasteiger partial charge on any atom is -0.474 e. The molecule has 1 heterocycles. The molecule has 1 fully saturated rings. The van der Waals surface area contributed by atoms with E-state index >= 15 is 0 Å². The Morgan fingerprint density at radius 1 is 1.47 bits per heavy atom. The summed E-state index contributed by atoms with van der Waals surface area (Å²) in [6, 6.07) is 1.68. The number of rotatable bonds is 2. The number of aromatic nitrogens is 2. The van der Waals surface area contributed by atoms with E-state index in [-0.39, 0.29) is 18.2 Å². The maximum Gasteiger partial charge on any atom is 0.223 e. The summed E-state index contributed by atoms with van der Waals surface area (Å²) < 4.78 is 5.62. The van der Waals surface area contributed by atoms with Crippen LogP contribution in [0.1, 0.15) is 25.7 Å². The molecular formula is C10H15N3O2. The van der Waals surface area contributed by atoms with E-state index in [2.05, 4.69) is 9.97 Å². The Labute approximate surface area is 88.3 Å². The number of nitrogens with zero attached hydrogens (tertiary/aromatic N) is 2. The van der Waals surface area contributed by atoms with Crippen molar-refractivity contribution in [3.05, 3.63) is 12.3 Å². The summed E-state index contributed by atoms with van der Waals surface area (Å²) in [5.74, 6) is 0.699. The van der Waals surface area contributed by atoms with E-state index in [1.54, 1.807) is 12.3 Å². The monoisotopic (exact) mass is 209 g/mol. The highest BCUT2D eigenvalue weighted by atomic mass is 16.5. The lowest BCUT2D eigenvalue weighted by molar-refractivity contribution is 0.0514. The second-order valence-corrected chi connectivity index (χ2v) is 3.81. The molecule has 3 N–H and O–H groups in total. The molecule has 5 nitrogen and oxygen atoms in total. The molecule has 1 aromatic rings. The van der Waals surface area contributed by atoms with E-state index in [1.165, 1.54) is 0 Å². The van der Waals surface area contributed by atoms with E-state index < -0.39 is 0 Å². The van der Waals surface area contributed by atoms with Crippen LogP contribution in [0.25, 0.3) is 0 Å². The minimum absolute atomic E-state index is 0.0445. The summed E-state index contributed by atoms with van der Waals surface area (Å²) in [6.45, 7) is 0. The SMILES string of the molecule is Nc1nccc(OC2CCCC(O)C2)n1. The van der Waals surface area contributed by atoms with E-state index in [0.29, 0.717) is 12.3 Å². The maximum atomic E-state index is 9.47. The zero-order chi connectivity index (χ0) is 10.7. The van der Waals surface area contributed by atoms with Crippen LogP contribution in [-0.2, 0) is 0 Å². The molecule has 2 rings (SSSR count). The highest BCUT2D eigenvalue weighted by molar-refractivity contribution is 5.20. The van der Waals surface area contributed by atoms with Crippen molar-refractivity contribution < 1.29 is 9.84 Å². The molecule has 0 aliphatic heterocycles. The van der Waals surface area contributed by atoms with Gasteiger partial charge in [0.2, 0.25) is 11.8 Å². The van der Waals surface area contributed by atoms with Gasteiger partial charge in [-0.2, -0.15) is 4.98 Å². The maximum absolute atomic E-state index is 9.47. The summed E-state index contributed by atoms with van der Waals surface area (Å²) in [5.41, 5.74) is 5.44. The fourth-order valence-electron chi connectivity index (χ4n) is 1.82. The van der Waals surface area contributed by atoms with Crippen molar-refractivity contribution in [3.8, 4) is 5.88 Å². The van der Waals surface area contributed by atoms with Crippen LogP contribution < -0.4 is 10.5 Å². The highest BCUT2D eigenvalue weighted by Gasteiger charge is 2.21. The molecule has 0 radical (unpaired) electrons. The van der Waals surface area contributed by atoms with Crippen LogP contribution in [0.2, 0.25) is 0 Å². The Morgan fingerprint density at radius 3 is 3.07 bits per heavy atom. The molecule has 2 atom stereocenters. The molecule has 0 spiro atoms. The summed E-state index contributed by atoms with van der Waals surface area (Å²) in [6.07, 6.45) is 4.85. The molecule has 0 amide bonds. The third-order valence-electron chi connectivity index (χ3n) is 2.53. The van der Waals surface area contributed by atoms with Crippen LogP contribution in [0.3, 0.4) is 0 Å². The van der Waals surface area contributed by atoms with Gasteiger partial charge in [0.05, 0.1) is 6.10 Å². The zero-order valence-electron chi connectivity index (χ0n) is 8.47. The van der Waals surface area contributed by atoms with Crippen LogP contribution in [-0.4, -0.2) is 27.3 Å². The summed E-state index contributed by atoms with van der Waals surface area (Å²) in [4.78, 5) is 7.74. The van der Waals surface area contributed by atoms with Gasteiger partial charge in [-0.3, -0.25) is 0 Å². The number of ether oxygens (including phenoxy) is 1.